The zero-order chi connectivity index (χ0) is 13.9. The standard InChI is InChI=1S/C15H21N3O2/c1-10-6-11(8-16-7-10)9-17-15(19)18-13-4-5-20-14(13)12-2-3-12/h6-8,12-14H,2-5,9H2,1H3,(H2,17,18,19)/t13-,14+/m1/s1. The number of carbonyl (C=O) groups is 1. The van der Waals surface area contributed by atoms with Gasteiger partial charge in [0.2, 0.25) is 0 Å². The second-order valence-electron chi connectivity index (χ2n) is 5.77. The van der Waals surface area contributed by atoms with Crippen molar-refractivity contribution in [1.82, 2.24) is 15.6 Å². The van der Waals surface area contributed by atoms with Gasteiger partial charge in [0.1, 0.15) is 0 Å². The molecule has 2 amide bonds. The van der Waals surface area contributed by atoms with E-state index in [1.165, 1.54) is 12.8 Å². The van der Waals surface area contributed by atoms with Crippen molar-refractivity contribution in [3.8, 4) is 0 Å². The molecular formula is C15H21N3O2. The lowest BCUT2D eigenvalue weighted by molar-refractivity contribution is 0.0825. The minimum atomic E-state index is -0.118. The number of hydrogen-bond acceptors (Lipinski definition) is 3. The van der Waals surface area contributed by atoms with E-state index in [0.29, 0.717) is 12.5 Å². The molecule has 0 aromatic carbocycles. The molecule has 108 valence electrons. The molecule has 3 rings (SSSR count). The lowest BCUT2D eigenvalue weighted by Gasteiger charge is -2.19. The average Bonchev–Trinajstić information content (AvgIpc) is 3.17. The van der Waals surface area contributed by atoms with Gasteiger partial charge in [-0.3, -0.25) is 4.98 Å². The third-order valence-corrected chi connectivity index (χ3v) is 3.92. The van der Waals surface area contributed by atoms with E-state index in [2.05, 4.69) is 15.6 Å². The molecule has 2 N–H and O–H groups in total. The SMILES string of the molecule is Cc1cncc(CNC(=O)N[C@@H]2CCO[C@H]2C2CC2)c1. The third kappa shape index (κ3) is 3.28. The molecule has 2 atom stereocenters. The Kier molecular flexibility index (Phi) is 3.87. The van der Waals surface area contributed by atoms with Crippen LogP contribution in [-0.4, -0.2) is 29.8 Å². The molecule has 2 heterocycles. The smallest absolute Gasteiger partial charge is 0.315 e. The van der Waals surface area contributed by atoms with E-state index in [-0.39, 0.29) is 18.2 Å². The number of carbonyl (C=O) groups excluding carboxylic acids is 1. The van der Waals surface area contributed by atoms with Gasteiger partial charge in [-0.2, -0.15) is 0 Å². The number of nitrogens with one attached hydrogen (secondary N) is 2. The summed E-state index contributed by atoms with van der Waals surface area (Å²) in [7, 11) is 0. The van der Waals surface area contributed by atoms with Crippen LogP contribution in [0.5, 0.6) is 0 Å². The Morgan fingerprint density at radius 3 is 3.00 bits per heavy atom. The second-order valence-corrected chi connectivity index (χ2v) is 5.77. The first-order valence-electron chi connectivity index (χ1n) is 7.29. The summed E-state index contributed by atoms with van der Waals surface area (Å²) < 4.78 is 5.72. The summed E-state index contributed by atoms with van der Waals surface area (Å²) in [6, 6.07) is 2.07. The topological polar surface area (TPSA) is 63.2 Å². The van der Waals surface area contributed by atoms with Gasteiger partial charge in [-0.05, 0) is 43.2 Å². The van der Waals surface area contributed by atoms with E-state index in [1.54, 1.807) is 12.4 Å². The van der Waals surface area contributed by atoms with E-state index in [4.69, 9.17) is 4.74 Å². The minimum absolute atomic E-state index is 0.118. The molecule has 1 aliphatic heterocycles. The average molecular weight is 275 g/mol. The number of rotatable bonds is 4. The summed E-state index contributed by atoms with van der Waals surface area (Å²) in [5.74, 6) is 0.656. The minimum Gasteiger partial charge on any atom is -0.376 e. The highest BCUT2D eigenvalue weighted by Crippen LogP contribution is 2.38. The molecular weight excluding hydrogens is 254 g/mol. The number of hydrogen-bond donors (Lipinski definition) is 2. The summed E-state index contributed by atoms with van der Waals surface area (Å²) in [6.45, 7) is 3.25. The monoisotopic (exact) mass is 275 g/mol. The predicted molar refractivity (Wildman–Crippen MR) is 75.2 cm³/mol. The fourth-order valence-corrected chi connectivity index (χ4v) is 2.77. The number of urea groups is 1. The number of nitrogens with zero attached hydrogens (tertiary/aromatic N) is 1. The van der Waals surface area contributed by atoms with Gasteiger partial charge in [-0.1, -0.05) is 6.07 Å². The Hall–Kier alpha value is -1.62. The van der Waals surface area contributed by atoms with Gasteiger partial charge in [-0.25, -0.2) is 4.79 Å². The Balaban J connectivity index is 1.47. The molecule has 0 bridgehead atoms. The molecule has 5 heteroatoms. The first kappa shape index (κ1) is 13.4. The van der Waals surface area contributed by atoms with Crippen LogP contribution in [0.1, 0.15) is 30.4 Å². The summed E-state index contributed by atoms with van der Waals surface area (Å²) >= 11 is 0. The molecule has 2 aliphatic rings. The Labute approximate surface area is 119 Å². The Morgan fingerprint density at radius 1 is 1.40 bits per heavy atom. The van der Waals surface area contributed by atoms with Crippen LogP contribution in [0.15, 0.2) is 18.5 Å². The van der Waals surface area contributed by atoms with Gasteiger partial charge in [0, 0.05) is 25.5 Å². The molecule has 0 unspecified atom stereocenters. The van der Waals surface area contributed by atoms with Crippen molar-refractivity contribution < 1.29 is 9.53 Å². The molecule has 1 saturated carbocycles. The molecule has 1 aliphatic carbocycles. The highest BCUT2D eigenvalue weighted by molar-refractivity contribution is 5.74. The lowest BCUT2D eigenvalue weighted by atomic mass is 10.1. The van der Waals surface area contributed by atoms with Crippen LogP contribution in [0.25, 0.3) is 0 Å². The van der Waals surface area contributed by atoms with Gasteiger partial charge >= 0.3 is 6.03 Å². The van der Waals surface area contributed by atoms with Gasteiger partial charge in [0.25, 0.3) is 0 Å². The number of aryl methyl sites for hydroxylation is 1. The van der Waals surface area contributed by atoms with Crippen molar-refractivity contribution in [1.29, 1.82) is 0 Å². The van der Waals surface area contributed by atoms with Gasteiger partial charge < -0.3 is 15.4 Å². The molecule has 1 aromatic rings. The van der Waals surface area contributed by atoms with Crippen molar-refractivity contribution in [2.45, 2.75) is 44.9 Å². The Bertz CT molecular complexity index is 488. The number of pyridine rings is 1. The van der Waals surface area contributed by atoms with Crippen LogP contribution in [0.4, 0.5) is 4.79 Å². The van der Waals surface area contributed by atoms with Crippen LogP contribution in [0, 0.1) is 12.8 Å². The normalized spacial score (nSPS) is 25.4. The van der Waals surface area contributed by atoms with Crippen molar-refractivity contribution >= 4 is 6.03 Å². The number of amides is 2. The van der Waals surface area contributed by atoms with Gasteiger partial charge in [-0.15, -0.1) is 0 Å². The summed E-state index contributed by atoms with van der Waals surface area (Å²) in [4.78, 5) is 16.1. The Morgan fingerprint density at radius 2 is 2.25 bits per heavy atom. The fourth-order valence-electron chi connectivity index (χ4n) is 2.77. The highest BCUT2D eigenvalue weighted by atomic mass is 16.5. The molecule has 5 nitrogen and oxygen atoms in total. The first-order valence-corrected chi connectivity index (χ1v) is 7.29. The fraction of sp³-hybridized carbons (Fsp3) is 0.600. The largest absolute Gasteiger partial charge is 0.376 e. The van der Waals surface area contributed by atoms with E-state index < -0.39 is 0 Å². The summed E-state index contributed by atoms with van der Waals surface area (Å²) in [6.07, 6.45) is 7.19. The van der Waals surface area contributed by atoms with Crippen molar-refractivity contribution in [2.24, 2.45) is 5.92 Å². The second kappa shape index (κ2) is 5.79. The van der Waals surface area contributed by atoms with Crippen molar-refractivity contribution in [2.75, 3.05) is 6.61 Å². The van der Waals surface area contributed by atoms with Crippen LogP contribution in [-0.2, 0) is 11.3 Å². The van der Waals surface area contributed by atoms with Crippen molar-refractivity contribution in [3.05, 3.63) is 29.6 Å². The summed E-state index contributed by atoms with van der Waals surface area (Å²) in [5, 5.41) is 5.93. The molecule has 1 aromatic heterocycles. The molecule has 1 saturated heterocycles. The lowest BCUT2D eigenvalue weighted by Crippen LogP contribution is -2.46. The third-order valence-electron chi connectivity index (χ3n) is 3.92. The van der Waals surface area contributed by atoms with Crippen LogP contribution in [0.2, 0.25) is 0 Å². The van der Waals surface area contributed by atoms with E-state index >= 15 is 0 Å². The summed E-state index contributed by atoms with van der Waals surface area (Å²) in [5.41, 5.74) is 2.12. The molecule has 0 radical (unpaired) electrons. The quantitative estimate of drug-likeness (QED) is 0.880. The van der Waals surface area contributed by atoms with E-state index in [1.807, 2.05) is 13.0 Å². The van der Waals surface area contributed by atoms with Crippen molar-refractivity contribution in [3.63, 3.8) is 0 Å². The van der Waals surface area contributed by atoms with Crippen LogP contribution < -0.4 is 10.6 Å². The van der Waals surface area contributed by atoms with Gasteiger partial charge in [0.15, 0.2) is 0 Å². The number of aromatic nitrogens is 1. The van der Waals surface area contributed by atoms with E-state index in [9.17, 15) is 4.79 Å². The zero-order valence-electron chi connectivity index (χ0n) is 11.8. The zero-order valence-corrected chi connectivity index (χ0v) is 11.8. The maximum Gasteiger partial charge on any atom is 0.315 e. The maximum atomic E-state index is 11.9. The molecule has 2 fully saturated rings. The number of ether oxygens (including phenoxy) is 1. The van der Waals surface area contributed by atoms with Gasteiger partial charge in [0.05, 0.1) is 12.1 Å². The maximum absolute atomic E-state index is 11.9. The molecule has 0 spiro atoms. The first-order chi connectivity index (χ1) is 9.72. The highest BCUT2D eigenvalue weighted by Gasteiger charge is 2.41. The predicted octanol–water partition coefficient (Wildman–Crippen LogP) is 1.76. The van der Waals surface area contributed by atoms with E-state index in [0.717, 1.165) is 24.2 Å². The van der Waals surface area contributed by atoms with Crippen LogP contribution in [0.3, 0.4) is 0 Å². The molecule has 20 heavy (non-hydrogen) atoms. The van der Waals surface area contributed by atoms with Crippen LogP contribution >= 0.6 is 0 Å².